The molecular weight excluding hydrogens is 487 g/mol. The number of benzene rings is 3. The number of carbonyl (C=O) groups excluding carboxylic acids is 2. The molecule has 2 N–H and O–H groups in total. The number of ether oxygens (including phenoxy) is 1. The molecule has 0 aliphatic carbocycles. The molecule has 0 unspecified atom stereocenters. The lowest BCUT2D eigenvalue weighted by molar-refractivity contribution is -0.118. The van der Waals surface area contributed by atoms with Crippen LogP contribution in [-0.4, -0.2) is 18.4 Å². The van der Waals surface area contributed by atoms with E-state index in [4.69, 9.17) is 16.3 Å². The van der Waals surface area contributed by atoms with Gasteiger partial charge in [0.1, 0.15) is 11.6 Å². The van der Waals surface area contributed by atoms with E-state index in [2.05, 4.69) is 26.6 Å². The van der Waals surface area contributed by atoms with Crippen molar-refractivity contribution in [3.8, 4) is 5.75 Å². The number of nitrogens with one attached hydrogen (secondary N) is 2. The summed E-state index contributed by atoms with van der Waals surface area (Å²) >= 11 is 9.17. The van der Waals surface area contributed by atoms with Gasteiger partial charge in [-0.25, -0.2) is 4.39 Å². The Kier molecular flexibility index (Phi) is 7.30. The van der Waals surface area contributed by atoms with Crippen LogP contribution >= 0.6 is 27.5 Å². The fourth-order valence-corrected chi connectivity index (χ4v) is 3.84. The van der Waals surface area contributed by atoms with Gasteiger partial charge in [-0.05, 0) is 73.5 Å². The molecule has 0 atom stereocenters. The van der Waals surface area contributed by atoms with Crippen molar-refractivity contribution in [2.24, 2.45) is 0 Å². The highest BCUT2D eigenvalue weighted by Crippen LogP contribution is 2.27. The predicted molar refractivity (Wildman–Crippen MR) is 124 cm³/mol. The zero-order chi connectivity index (χ0) is 22.5. The van der Waals surface area contributed by atoms with Gasteiger partial charge in [0.25, 0.3) is 11.8 Å². The van der Waals surface area contributed by atoms with Crippen molar-refractivity contribution in [2.75, 3.05) is 17.2 Å². The Morgan fingerprint density at radius 3 is 2.35 bits per heavy atom. The Morgan fingerprint density at radius 1 is 1.00 bits per heavy atom. The van der Waals surface area contributed by atoms with Gasteiger partial charge in [0.15, 0.2) is 6.61 Å². The number of amides is 2. The SMILES string of the molecule is Cc1cc(Br)cc(C)c1OCC(=O)Nc1cccc(C(=O)Nc2ccc(F)c(Cl)c2)c1. The van der Waals surface area contributed by atoms with E-state index >= 15 is 0 Å². The molecule has 0 saturated heterocycles. The summed E-state index contributed by atoms with van der Waals surface area (Å²) in [7, 11) is 0. The zero-order valence-electron chi connectivity index (χ0n) is 16.8. The Morgan fingerprint density at radius 2 is 1.68 bits per heavy atom. The quantitative estimate of drug-likeness (QED) is 0.424. The summed E-state index contributed by atoms with van der Waals surface area (Å²) in [6.07, 6.45) is 0. The van der Waals surface area contributed by atoms with Gasteiger partial charge in [0.05, 0.1) is 5.02 Å². The monoisotopic (exact) mass is 504 g/mol. The summed E-state index contributed by atoms with van der Waals surface area (Å²) in [5.74, 6) is -0.690. The third-order valence-electron chi connectivity index (χ3n) is 4.36. The van der Waals surface area contributed by atoms with Gasteiger partial charge in [-0.1, -0.05) is 33.6 Å². The minimum absolute atomic E-state index is 0.0879. The Balaban J connectivity index is 1.62. The topological polar surface area (TPSA) is 67.4 Å². The maximum Gasteiger partial charge on any atom is 0.262 e. The van der Waals surface area contributed by atoms with Crippen molar-refractivity contribution in [2.45, 2.75) is 13.8 Å². The van der Waals surface area contributed by atoms with E-state index in [9.17, 15) is 14.0 Å². The third kappa shape index (κ3) is 6.06. The van der Waals surface area contributed by atoms with E-state index in [0.717, 1.165) is 15.6 Å². The van der Waals surface area contributed by atoms with Crippen LogP contribution in [0.3, 0.4) is 0 Å². The predicted octanol–water partition coefficient (Wildman–Crippen LogP) is 6.13. The Labute approximate surface area is 192 Å². The third-order valence-corrected chi connectivity index (χ3v) is 5.11. The first-order chi connectivity index (χ1) is 14.7. The van der Waals surface area contributed by atoms with E-state index < -0.39 is 11.7 Å². The molecule has 160 valence electrons. The molecule has 3 aromatic rings. The van der Waals surface area contributed by atoms with Gasteiger partial charge < -0.3 is 15.4 Å². The van der Waals surface area contributed by atoms with Gasteiger partial charge >= 0.3 is 0 Å². The molecule has 0 radical (unpaired) electrons. The second kappa shape index (κ2) is 9.94. The lowest BCUT2D eigenvalue weighted by Gasteiger charge is -2.13. The summed E-state index contributed by atoms with van der Waals surface area (Å²) in [4.78, 5) is 24.8. The highest BCUT2D eigenvalue weighted by molar-refractivity contribution is 9.10. The highest BCUT2D eigenvalue weighted by atomic mass is 79.9. The summed E-state index contributed by atoms with van der Waals surface area (Å²) in [6, 6.07) is 14.2. The van der Waals surface area contributed by atoms with Crippen LogP contribution in [0.2, 0.25) is 5.02 Å². The van der Waals surface area contributed by atoms with Gasteiger partial charge in [-0.2, -0.15) is 0 Å². The van der Waals surface area contributed by atoms with Crippen LogP contribution in [0.1, 0.15) is 21.5 Å². The standard InChI is InChI=1S/C23H19BrClFN2O3/c1-13-8-16(24)9-14(2)22(13)31-12-21(29)27-17-5-3-4-15(10-17)23(30)28-18-6-7-20(26)19(25)11-18/h3-11H,12H2,1-2H3,(H,27,29)(H,28,30). The molecule has 0 heterocycles. The average Bonchev–Trinajstić information content (AvgIpc) is 2.70. The fraction of sp³-hybridized carbons (Fsp3) is 0.130. The van der Waals surface area contributed by atoms with Crippen LogP contribution in [0.5, 0.6) is 5.75 Å². The number of aryl methyl sites for hydroxylation is 2. The zero-order valence-corrected chi connectivity index (χ0v) is 19.1. The van der Waals surface area contributed by atoms with Crippen molar-refractivity contribution in [1.29, 1.82) is 0 Å². The normalized spacial score (nSPS) is 10.5. The molecule has 0 bridgehead atoms. The van der Waals surface area contributed by atoms with Crippen LogP contribution in [0.25, 0.3) is 0 Å². The minimum Gasteiger partial charge on any atom is -0.483 e. The van der Waals surface area contributed by atoms with Crippen LogP contribution in [0.15, 0.2) is 59.1 Å². The summed E-state index contributed by atoms with van der Waals surface area (Å²) in [5, 5.41) is 5.27. The smallest absolute Gasteiger partial charge is 0.262 e. The van der Waals surface area contributed by atoms with Crippen LogP contribution in [0, 0.1) is 19.7 Å². The van der Waals surface area contributed by atoms with Crippen molar-refractivity contribution < 1.29 is 18.7 Å². The number of anilines is 2. The first kappa shape index (κ1) is 22.8. The van der Waals surface area contributed by atoms with E-state index in [1.165, 1.54) is 24.3 Å². The Bertz CT molecular complexity index is 1130. The second-order valence-electron chi connectivity index (χ2n) is 6.87. The molecule has 0 fully saturated rings. The number of rotatable bonds is 6. The van der Waals surface area contributed by atoms with Gasteiger partial charge in [-0.3, -0.25) is 9.59 Å². The molecule has 31 heavy (non-hydrogen) atoms. The van der Waals surface area contributed by atoms with Gasteiger partial charge in [-0.15, -0.1) is 0 Å². The summed E-state index contributed by atoms with van der Waals surface area (Å²) in [6.45, 7) is 3.64. The molecule has 0 aromatic heterocycles. The van der Waals surface area contributed by atoms with E-state index in [1.807, 2.05) is 26.0 Å². The molecule has 0 saturated carbocycles. The average molecular weight is 506 g/mol. The number of hydrogen-bond donors (Lipinski definition) is 2. The molecule has 0 spiro atoms. The van der Waals surface area contributed by atoms with Crippen LogP contribution in [0.4, 0.5) is 15.8 Å². The maximum absolute atomic E-state index is 13.3. The maximum atomic E-state index is 13.3. The number of hydrogen-bond acceptors (Lipinski definition) is 3. The number of carbonyl (C=O) groups is 2. The van der Waals surface area contributed by atoms with Crippen molar-refractivity contribution in [1.82, 2.24) is 0 Å². The van der Waals surface area contributed by atoms with Gasteiger partial charge in [0, 0.05) is 21.4 Å². The largest absolute Gasteiger partial charge is 0.483 e. The van der Waals surface area contributed by atoms with E-state index in [-0.39, 0.29) is 17.5 Å². The molecule has 0 aliphatic heterocycles. The lowest BCUT2D eigenvalue weighted by atomic mass is 10.1. The summed E-state index contributed by atoms with van der Waals surface area (Å²) in [5.41, 5.74) is 2.96. The van der Waals surface area contributed by atoms with Crippen molar-refractivity contribution >= 4 is 50.7 Å². The molecular formula is C23H19BrClFN2O3. The van der Waals surface area contributed by atoms with Crippen LogP contribution in [-0.2, 0) is 4.79 Å². The molecule has 8 heteroatoms. The second-order valence-corrected chi connectivity index (χ2v) is 8.19. The molecule has 2 amide bonds. The first-order valence-corrected chi connectivity index (χ1v) is 10.5. The molecule has 5 nitrogen and oxygen atoms in total. The lowest BCUT2D eigenvalue weighted by Crippen LogP contribution is -2.21. The fourth-order valence-electron chi connectivity index (χ4n) is 2.98. The highest BCUT2D eigenvalue weighted by Gasteiger charge is 2.12. The first-order valence-electron chi connectivity index (χ1n) is 9.29. The van der Waals surface area contributed by atoms with Crippen molar-refractivity contribution in [3.05, 3.63) is 86.6 Å². The van der Waals surface area contributed by atoms with Crippen LogP contribution < -0.4 is 15.4 Å². The Hall–Kier alpha value is -2.90. The van der Waals surface area contributed by atoms with E-state index in [1.54, 1.807) is 18.2 Å². The summed E-state index contributed by atoms with van der Waals surface area (Å²) < 4.78 is 19.9. The van der Waals surface area contributed by atoms with Gasteiger partial charge in [0.2, 0.25) is 0 Å². The molecule has 3 rings (SSSR count). The molecule has 0 aliphatic rings. The number of halogens is 3. The van der Waals surface area contributed by atoms with Crippen molar-refractivity contribution in [3.63, 3.8) is 0 Å². The van der Waals surface area contributed by atoms with E-state index in [0.29, 0.717) is 22.7 Å². The minimum atomic E-state index is -0.569. The molecule has 3 aromatic carbocycles.